The number of nitrogens with one attached hydrogen (secondary N) is 3. The quantitative estimate of drug-likeness (QED) is 0.440. The molecule has 158 valence electrons. The molecular weight excluding hydrogens is 394 g/mol. The van der Waals surface area contributed by atoms with Crippen LogP contribution < -0.4 is 20.7 Å². The minimum Gasteiger partial charge on any atom is -0.710 e. The van der Waals surface area contributed by atoms with Gasteiger partial charge in [-0.2, -0.15) is 4.98 Å². The summed E-state index contributed by atoms with van der Waals surface area (Å²) >= 11 is 0. The third-order valence-corrected chi connectivity index (χ3v) is 6.02. The SMILES string of the molecule is Cc1cc(Nc2cc(Nc3ccncc3)ncn2)[n+]([O-])c2c1C(=O)NC21CCCCC1. The number of aromatic nitrogens is 4. The topological polar surface area (TPSA) is 119 Å². The Morgan fingerprint density at radius 1 is 1.06 bits per heavy atom. The molecule has 31 heavy (non-hydrogen) atoms. The van der Waals surface area contributed by atoms with E-state index in [-0.39, 0.29) is 5.91 Å². The Bertz CT molecular complexity index is 1140. The number of rotatable bonds is 4. The number of hydrogen-bond donors (Lipinski definition) is 3. The molecule has 3 N–H and O–H groups in total. The van der Waals surface area contributed by atoms with Gasteiger partial charge in [0.25, 0.3) is 11.7 Å². The minimum atomic E-state index is -0.575. The van der Waals surface area contributed by atoms with Crippen LogP contribution in [0.25, 0.3) is 0 Å². The third-order valence-electron chi connectivity index (χ3n) is 6.02. The lowest BCUT2D eigenvalue weighted by molar-refractivity contribution is -0.603. The van der Waals surface area contributed by atoms with Gasteiger partial charge in [-0.1, -0.05) is 19.3 Å². The van der Waals surface area contributed by atoms with E-state index in [1.54, 1.807) is 24.5 Å². The first-order valence-corrected chi connectivity index (χ1v) is 10.4. The van der Waals surface area contributed by atoms with E-state index in [0.29, 0.717) is 28.7 Å². The van der Waals surface area contributed by atoms with Crippen molar-refractivity contribution < 1.29 is 9.52 Å². The summed E-state index contributed by atoms with van der Waals surface area (Å²) in [5, 5.41) is 22.8. The lowest BCUT2D eigenvalue weighted by Crippen LogP contribution is -2.49. The van der Waals surface area contributed by atoms with Gasteiger partial charge in [-0.15, -0.1) is 0 Å². The van der Waals surface area contributed by atoms with Crippen molar-refractivity contribution in [1.29, 1.82) is 0 Å². The molecule has 0 radical (unpaired) electrons. The number of anilines is 4. The predicted octanol–water partition coefficient (Wildman–Crippen LogP) is 3.20. The number of carbonyl (C=O) groups is 1. The molecule has 9 heteroatoms. The highest BCUT2D eigenvalue weighted by Crippen LogP contribution is 2.42. The fraction of sp³-hybridized carbons (Fsp3) is 0.318. The van der Waals surface area contributed by atoms with Crippen molar-refractivity contribution in [1.82, 2.24) is 20.3 Å². The highest BCUT2D eigenvalue weighted by Gasteiger charge is 2.48. The molecule has 1 aliphatic heterocycles. The van der Waals surface area contributed by atoms with Gasteiger partial charge < -0.3 is 15.8 Å². The molecule has 0 bridgehead atoms. The van der Waals surface area contributed by atoms with E-state index in [9.17, 15) is 10.0 Å². The summed E-state index contributed by atoms with van der Waals surface area (Å²) in [7, 11) is 0. The van der Waals surface area contributed by atoms with Gasteiger partial charge in [0.1, 0.15) is 23.4 Å². The normalized spacial score (nSPS) is 16.6. The summed E-state index contributed by atoms with van der Waals surface area (Å²) in [6, 6.07) is 7.09. The number of nitrogens with zero attached hydrogens (tertiary/aromatic N) is 4. The zero-order valence-electron chi connectivity index (χ0n) is 17.2. The van der Waals surface area contributed by atoms with Crippen LogP contribution in [0.4, 0.5) is 23.1 Å². The first-order chi connectivity index (χ1) is 15.1. The lowest BCUT2D eigenvalue weighted by Gasteiger charge is -2.34. The van der Waals surface area contributed by atoms with Crippen molar-refractivity contribution in [2.45, 2.75) is 44.6 Å². The van der Waals surface area contributed by atoms with E-state index >= 15 is 0 Å². The number of pyridine rings is 2. The molecular formula is C22H23N7O2. The number of aryl methyl sites for hydroxylation is 1. The molecule has 0 aromatic carbocycles. The molecule has 0 unspecified atom stereocenters. The summed E-state index contributed by atoms with van der Waals surface area (Å²) in [6.07, 6.45) is 9.47. The second-order valence-electron chi connectivity index (χ2n) is 8.10. The van der Waals surface area contributed by atoms with E-state index in [4.69, 9.17) is 0 Å². The van der Waals surface area contributed by atoms with E-state index in [2.05, 4.69) is 30.9 Å². The lowest BCUT2D eigenvalue weighted by atomic mass is 9.79. The zero-order chi connectivity index (χ0) is 21.4. The molecule has 4 heterocycles. The largest absolute Gasteiger partial charge is 0.710 e. The van der Waals surface area contributed by atoms with Gasteiger partial charge >= 0.3 is 0 Å². The van der Waals surface area contributed by atoms with Crippen molar-refractivity contribution in [2.75, 3.05) is 10.6 Å². The maximum absolute atomic E-state index is 13.4. The number of carbonyl (C=O) groups excluding carboxylic acids is 1. The molecule has 1 fully saturated rings. The Morgan fingerprint density at radius 3 is 2.52 bits per heavy atom. The highest BCUT2D eigenvalue weighted by atomic mass is 16.5. The van der Waals surface area contributed by atoms with Crippen molar-refractivity contribution >= 4 is 29.0 Å². The van der Waals surface area contributed by atoms with Gasteiger partial charge in [0.2, 0.25) is 5.82 Å². The van der Waals surface area contributed by atoms with E-state index in [1.807, 2.05) is 19.1 Å². The van der Waals surface area contributed by atoms with Crippen LogP contribution in [0, 0.1) is 12.1 Å². The molecule has 0 saturated heterocycles. The Kier molecular flexibility index (Phi) is 4.65. The fourth-order valence-electron chi connectivity index (χ4n) is 4.62. The van der Waals surface area contributed by atoms with Crippen LogP contribution in [-0.2, 0) is 5.54 Å². The Balaban J connectivity index is 1.49. The summed E-state index contributed by atoms with van der Waals surface area (Å²) in [5.74, 6) is 1.24. The molecule has 3 aromatic heterocycles. The second kappa shape index (κ2) is 7.50. The predicted molar refractivity (Wildman–Crippen MR) is 115 cm³/mol. The molecule has 1 amide bonds. The van der Waals surface area contributed by atoms with Crippen molar-refractivity contribution in [3.63, 3.8) is 0 Å². The van der Waals surface area contributed by atoms with Gasteiger partial charge in [0, 0.05) is 30.2 Å². The first kappa shape index (κ1) is 19.2. The van der Waals surface area contributed by atoms with E-state index in [0.717, 1.165) is 48.1 Å². The third kappa shape index (κ3) is 3.41. The molecule has 3 aromatic rings. The molecule has 1 aliphatic carbocycles. The summed E-state index contributed by atoms with van der Waals surface area (Å²) in [6.45, 7) is 1.86. The van der Waals surface area contributed by atoms with Gasteiger partial charge in [-0.05, 0) is 37.5 Å². The van der Waals surface area contributed by atoms with Crippen LogP contribution in [0.15, 0.2) is 43.0 Å². The molecule has 0 atom stereocenters. The molecule has 1 spiro atoms. The highest BCUT2D eigenvalue weighted by molar-refractivity contribution is 6.00. The second-order valence-corrected chi connectivity index (χ2v) is 8.10. The van der Waals surface area contributed by atoms with Crippen molar-refractivity contribution in [3.8, 4) is 0 Å². The van der Waals surface area contributed by atoms with E-state index < -0.39 is 5.54 Å². The number of fused-ring (bicyclic) bond motifs is 2. The Labute approximate surface area is 179 Å². The maximum Gasteiger partial charge on any atom is 0.284 e. The standard InChI is InChI=1S/C22H23N7O2/c1-14-11-18(27-17-12-16(24-13-25-17)26-15-5-9-23-10-6-15)29(31)20-19(14)21(30)28-22(20)7-3-2-4-8-22/h5-6,9-13H,2-4,7-8H2,1H3,(H,28,30)(H2,23,24,25,26,27). The van der Waals surface area contributed by atoms with Crippen LogP contribution in [-0.4, -0.2) is 20.9 Å². The molecule has 1 saturated carbocycles. The van der Waals surface area contributed by atoms with Crippen LogP contribution in [0.3, 0.4) is 0 Å². The molecule has 9 nitrogen and oxygen atoms in total. The van der Waals surface area contributed by atoms with E-state index in [1.165, 1.54) is 6.33 Å². The summed E-state index contributed by atoms with van der Waals surface area (Å²) in [4.78, 5) is 25.2. The fourth-order valence-corrected chi connectivity index (χ4v) is 4.62. The Morgan fingerprint density at radius 2 is 1.77 bits per heavy atom. The first-order valence-electron chi connectivity index (χ1n) is 10.4. The van der Waals surface area contributed by atoms with Crippen molar-refractivity contribution in [2.24, 2.45) is 0 Å². The average molecular weight is 417 g/mol. The maximum atomic E-state index is 13.4. The van der Waals surface area contributed by atoms with Gasteiger partial charge in [-0.3, -0.25) is 9.78 Å². The van der Waals surface area contributed by atoms with Crippen LogP contribution in [0.1, 0.15) is 53.7 Å². The van der Waals surface area contributed by atoms with Gasteiger partial charge in [-0.25, -0.2) is 15.0 Å². The summed E-state index contributed by atoms with van der Waals surface area (Å²) < 4.78 is 0.865. The molecule has 5 rings (SSSR count). The minimum absolute atomic E-state index is 0.156. The molecule has 2 aliphatic rings. The van der Waals surface area contributed by atoms with Crippen molar-refractivity contribution in [3.05, 3.63) is 65.0 Å². The number of hydrogen-bond acceptors (Lipinski definition) is 7. The summed E-state index contributed by atoms with van der Waals surface area (Å²) in [5.41, 5.74) is 2.08. The van der Waals surface area contributed by atoms with Gasteiger partial charge in [0.05, 0.1) is 5.56 Å². The van der Waals surface area contributed by atoms with Gasteiger partial charge in [0.15, 0.2) is 0 Å². The number of amides is 1. The zero-order valence-corrected chi connectivity index (χ0v) is 17.2. The Hall–Kier alpha value is -3.75. The average Bonchev–Trinajstić information content (AvgIpc) is 3.05. The smallest absolute Gasteiger partial charge is 0.284 e. The monoisotopic (exact) mass is 417 g/mol. The van der Waals surface area contributed by atoms with Crippen LogP contribution >= 0.6 is 0 Å². The van der Waals surface area contributed by atoms with Crippen LogP contribution in [0.5, 0.6) is 0 Å². The van der Waals surface area contributed by atoms with Crippen LogP contribution in [0.2, 0.25) is 0 Å².